The summed E-state index contributed by atoms with van der Waals surface area (Å²) in [4.78, 5) is 22.9. The number of carbonyl (C=O) groups excluding carboxylic acids is 2. The number of halogens is 2. The van der Waals surface area contributed by atoms with Crippen molar-refractivity contribution in [2.75, 3.05) is 13.2 Å². The summed E-state index contributed by atoms with van der Waals surface area (Å²) in [5.41, 5.74) is 0.844. The Morgan fingerprint density at radius 2 is 1.26 bits per heavy atom. The van der Waals surface area contributed by atoms with E-state index in [1.165, 1.54) is 6.07 Å². The van der Waals surface area contributed by atoms with Gasteiger partial charge >= 0.3 is 11.9 Å². The second-order valence-corrected chi connectivity index (χ2v) is 7.11. The van der Waals surface area contributed by atoms with Crippen molar-refractivity contribution in [1.29, 1.82) is 0 Å². The van der Waals surface area contributed by atoms with Gasteiger partial charge in [-0.25, -0.2) is 9.59 Å². The van der Waals surface area contributed by atoms with Crippen LogP contribution in [0.1, 0.15) is 61.3 Å². The lowest BCUT2D eigenvalue weighted by atomic mass is 10.1. The quantitative estimate of drug-likeness (QED) is 0.240. The predicted octanol–water partition coefficient (Wildman–Crippen LogP) is 7.26. The fourth-order valence-electron chi connectivity index (χ4n) is 2.05. The zero-order valence-electron chi connectivity index (χ0n) is 18.5. The third kappa shape index (κ3) is 12.9. The monoisotopic (exact) mass is 654 g/mol. The summed E-state index contributed by atoms with van der Waals surface area (Å²) in [6.45, 7) is 9.10. The Bertz CT molecular complexity index is 753. The fraction of sp³-hybridized carbons (Fsp3) is 0.417. The number of para-hydroxylation sites is 1. The highest BCUT2D eigenvalue weighted by Crippen LogP contribution is 2.17. The molecule has 0 aliphatic heterocycles. The molecule has 31 heavy (non-hydrogen) atoms. The van der Waals surface area contributed by atoms with Gasteiger partial charge in [-0.15, -0.1) is 0 Å². The van der Waals surface area contributed by atoms with Crippen LogP contribution in [-0.4, -0.2) is 30.3 Å². The molecule has 0 fully saturated rings. The fourth-order valence-corrected chi connectivity index (χ4v) is 2.05. The molecule has 0 radical (unpaired) electrons. The van der Waals surface area contributed by atoms with Gasteiger partial charge in [0, 0.05) is 37.2 Å². The lowest BCUT2D eigenvalue weighted by Crippen LogP contribution is -2.11. The van der Waals surface area contributed by atoms with Crippen LogP contribution in [0.3, 0.4) is 0 Å². The molecule has 2 aromatic carbocycles. The van der Waals surface area contributed by atoms with E-state index in [1.54, 1.807) is 30.3 Å². The lowest BCUT2D eigenvalue weighted by molar-refractivity contribution is 0.0436. The minimum atomic E-state index is -0.464. The molecule has 2 atom stereocenters. The average molecular weight is 654 g/mol. The number of hydrogen-bond donors (Lipinski definition) is 1. The van der Waals surface area contributed by atoms with Crippen LogP contribution < -0.4 is 0 Å². The van der Waals surface area contributed by atoms with Crippen LogP contribution in [-0.2, 0) is 9.47 Å². The highest BCUT2D eigenvalue weighted by molar-refractivity contribution is 15.0. The van der Waals surface area contributed by atoms with E-state index in [0.717, 1.165) is 12.8 Å². The van der Waals surface area contributed by atoms with Gasteiger partial charge in [-0.2, -0.15) is 0 Å². The first-order chi connectivity index (χ1) is 14.9. The maximum absolute atomic E-state index is 11.5. The first kappa shape index (κ1) is 29.6. The number of rotatable bonds is 8. The molecule has 0 heterocycles. The topological polar surface area (TPSA) is 72.8 Å². The highest BCUT2D eigenvalue weighted by atomic mass is 128. The number of benzene rings is 2. The van der Waals surface area contributed by atoms with Crippen LogP contribution in [0.4, 0.5) is 0 Å². The molecule has 0 saturated carbocycles. The van der Waals surface area contributed by atoms with Crippen molar-refractivity contribution in [1.82, 2.24) is 0 Å². The average Bonchev–Trinajstić information content (AvgIpc) is 2.83. The molecule has 1 N–H and O–H groups in total. The van der Waals surface area contributed by atoms with Crippen molar-refractivity contribution >= 4 is 49.2 Å². The summed E-state index contributed by atoms with van der Waals surface area (Å²) in [6, 6.07) is 15.5. The zero-order valence-corrected chi connectivity index (χ0v) is 22.8. The molecule has 2 unspecified atom stereocenters. The number of hydrogen-bond acceptors (Lipinski definition) is 5. The van der Waals surface area contributed by atoms with Crippen LogP contribution in [0.15, 0.2) is 54.6 Å². The molecule has 0 aliphatic carbocycles. The van der Waals surface area contributed by atoms with E-state index >= 15 is 0 Å². The highest BCUT2D eigenvalue weighted by Gasteiger charge is 2.12. The largest absolute Gasteiger partial charge is 0.507 e. The van der Waals surface area contributed by atoms with Crippen molar-refractivity contribution in [2.45, 2.75) is 40.5 Å². The minimum Gasteiger partial charge on any atom is -0.507 e. The molecule has 0 aliphatic rings. The van der Waals surface area contributed by atoms with Crippen LogP contribution in [0.25, 0.3) is 0 Å². The maximum atomic E-state index is 11.5. The number of phenols is 1. The molecule has 0 saturated heterocycles. The molecule has 2 rings (SSSR count). The zero-order chi connectivity index (χ0) is 23.6. The van der Waals surface area contributed by atoms with Crippen LogP contribution >= 0.6 is 37.2 Å². The second kappa shape index (κ2) is 18.2. The first-order valence-corrected chi connectivity index (χ1v) is 16.5. The van der Waals surface area contributed by atoms with Gasteiger partial charge in [-0.1, -0.05) is 70.9 Å². The molecule has 0 spiro atoms. The van der Waals surface area contributed by atoms with Crippen molar-refractivity contribution in [3.63, 3.8) is 0 Å². The van der Waals surface area contributed by atoms with Gasteiger partial charge in [-0.3, -0.25) is 0 Å². The molecule has 7 heteroatoms. The number of carbonyl (C=O) groups is 2. The Morgan fingerprint density at radius 1 is 0.806 bits per heavy atom. The number of esters is 2. The van der Waals surface area contributed by atoms with Crippen molar-refractivity contribution in [3.05, 3.63) is 65.7 Å². The van der Waals surface area contributed by atoms with Gasteiger partial charge in [0.25, 0.3) is 0 Å². The van der Waals surface area contributed by atoms with Crippen molar-refractivity contribution < 1.29 is 24.2 Å². The second-order valence-electron chi connectivity index (χ2n) is 7.11. The van der Waals surface area contributed by atoms with E-state index in [9.17, 15) is 14.7 Å². The Labute approximate surface area is 209 Å². The van der Waals surface area contributed by atoms with Crippen LogP contribution in [0, 0.1) is 11.8 Å². The smallest absolute Gasteiger partial charge is 0.341 e. The van der Waals surface area contributed by atoms with Gasteiger partial charge < -0.3 is 14.6 Å². The van der Waals surface area contributed by atoms with Crippen LogP contribution in [0.2, 0.25) is 0 Å². The van der Waals surface area contributed by atoms with E-state index in [1.807, 2.05) is 32.0 Å². The Balaban J connectivity index is 0.000000539. The van der Waals surface area contributed by atoms with Gasteiger partial charge in [0.2, 0.25) is 0 Å². The predicted molar refractivity (Wildman–Crippen MR) is 142 cm³/mol. The maximum Gasteiger partial charge on any atom is 0.341 e. The summed E-state index contributed by atoms with van der Waals surface area (Å²) in [7, 11) is 0. The molecular weight excluding hydrogens is 622 g/mol. The summed E-state index contributed by atoms with van der Waals surface area (Å²) in [5, 5.41) is 9.40. The van der Waals surface area contributed by atoms with Crippen molar-refractivity contribution in [2.24, 2.45) is 11.8 Å². The van der Waals surface area contributed by atoms with E-state index < -0.39 is 5.97 Å². The Morgan fingerprint density at radius 3 is 1.74 bits per heavy atom. The Kier molecular flexibility index (Phi) is 17.4. The SMILES string of the molecule is CCC(C)COC(=O)c1ccccc1.CCC(C)COC(=O)c1ccccc1O.II. The third-order valence-corrected chi connectivity index (χ3v) is 4.53. The Hall–Kier alpha value is -1.36. The molecule has 172 valence electrons. The standard InChI is InChI=1S/C12H16O3.C12H16O2.I2/c1-3-9(2)8-15-12(14)10-6-4-5-7-11(10)13;1-3-10(2)9-14-12(13)11-7-5-4-6-8-11;1-2/h4-7,9,13H,3,8H2,1-2H3;4-8,10H,3,9H2,1-2H3;. The van der Waals surface area contributed by atoms with Crippen LogP contribution in [0.5, 0.6) is 5.75 Å². The molecule has 2 aromatic rings. The summed E-state index contributed by atoms with van der Waals surface area (Å²) >= 11 is 4.24. The van der Waals surface area contributed by atoms with Crippen molar-refractivity contribution in [3.8, 4) is 5.75 Å². The van der Waals surface area contributed by atoms with Gasteiger partial charge in [-0.05, 0) is 36.1 Å². The van der Waals surface area contributed by atoms with Gasteiger partial charge in [0.05, 0.1) is 18.8 Å². The van der Waals surface area contributed by atoms with Gasteiger partial charge in [0.1, 0.15) is 11.3 Å². The van der Waals surface area contributed by atoms with E-state index in [4.69, 9.17) is 9.47 Å². The number of ether oxygens (including phenoxy) is 2. The first-order valence-electron chi connectivity index (χ1n) is 10.2. The molecule has 0 bridgehead atoms. The molecule has 0 aromatic heterocycles. The third-order valence-electron chi connectivity index (χ3n) is 4.53. The molecule has 5 nitrogen and oxygen atoms in total. The molecular formula is C24H32I2O5. The van der Waals surface area contributed by atoms with E-state index in [0.29, 0.717) is 30.6 Å². The lowest BCUT2D eigenvalue weighted by Gasteiger charge is -2.09. The summed E-state index contributed by atoms with van der Waals surface area (Å²) in [6.07, 6.45) is 2.00. The summed E-state index contributed by atoms with van der Waals surface area (Å²) in [5.74, 6) is 0.0495. The van der Waals surface area contributed by atoms with E-state index in [-0.39, 0.29) is 17.3 Å². The summed E-state index contributed by atoms with van der Waals surface area (Å²) < 4.78 is 10.2. The van der Waals surface area contributed by atoms with E-state index in [2.05, 4.69) is 51.1 Å². The number of aromatic hydroxyl groups is 1. The minimum absolute atomic E-state index is 0.0355. The van der Waals surface area contributed by atoms with Gasteiger partial charge in [0.15, 0.2) is 0 Å². The molecule has 0 amide bonds. The normalized spacial score (nSPS) is 11.5. The number of phenolic OH excluding ortho intramolecular Hbond substituents is 1.